The Morgan fingerprint density at radius 2 is 1.56 bits per heavy atom. The first-order chi connectivity index (χ1) is 13.0. The number of hydrogen-bond donors (Lipinski definition) is 3. The highest BCUT2D eigenvalue weighted by atomic mass is 16.4. The molecule has 1 aromatic rings. The average Bonchev–Trinajstić information content (AvgIpc) is 3.39. The zero-order valence-corrected chi connectivity index (χ0v) is 15.1. The highest BCUT2D eigenvalue weighted by Gasteiger charge is 2.51. The molecule has 0 unspecified atom stereocenters. The van der Waals surface area contributed by atoms with Crippen molar-refractivity contribution in [3.63, 3.8) is 0 Å². The summed E-state index contributed by atoms with van der Waals surface area (Å²) in [5, 5.41) is 15.3. The molecule has 0 aliphatic heterocycles. The number of hydrogen-bond acceptors (Lipinski definition) is 3. The molecule has 1 aromatic carbocycles. The van der Waals surface area contributed by atoms with Crippen molar-refractivity contribution in [1.82, 2.24) is 5.32 Å². The third-order valence-electron chi connectivity index (χ3n) is 6.15. The molecule has 3 aliphatic carbocycles. The number of rotatable bonds is 5. The van der Waals surface area contributed by atoms with E-state index in [2.05, 4.69) is 10.6 Å². The van der Waals surface area contributed by atoms with Crippen molar-refractivity contribution in [2.75, 3.05) is 5.32 Å². The second kappa shape index (κ2) is 7.18. The quantitative estimate of drug-likeness (QED) is 0.697. The van der Waals surface area contributed by atoms with Crippen LogP contribution in [-0.4, -0.2) is 28.9 Å². The van der Waals surface area contributed by atoms with Gasteiger partial charge in [-0.05, 0) is 55.4 Å². The molecular weight excluding hydrogens is 344 g/mol. The zero-order valence-electron chi connectivity index (χ0n) is 15.1. The van der Waals surface area contributed by atoms with Crippen LogP contribution in [0.15, 0.2) is 36.4 Å². The molecule has 2 amide bonds. The van der Waals surface area contributed by atoms with Gasteiger partial charge in [0.15, 0.2) is 0 Å². The summed E-state index contributed by atoms with van der Waals surface area (Å²) in [6.07, 6.45) is 8.99. The van der Waals surface area contributed by atoms with Crippen molar-refractivity contribution in [3.8, 4) is 0 Å². The number of carbonyl (C=O) groups is 3. The van der Waals surface area contributed by atoms with Crippen LogP contribution in [0.4, 0.5) is 5.69 Å². The predicted octanol–water partition coefficient (Wildman–Crippen LogP) is 2.82. The number of aliphatic carboxylic acids is 1. The average molecular weight is 368 g/mol. The maximum Gasteiger partial charge on any atom is 0.307 e. The van der Waals surface area contributed by atoms with E-state index >= 15 is 0 Å². The third kappa shape index (κ3) is 3.48. The number of anilines is 1. The molecule has 2 fully saturated rings. The van der Waals surface area contributed by atoms with Gasteiger partial charge < -0.3 is 15.7 Å². The van der Waals surface area contributed by atoms with Crippen LogP contribution >= 0.6 is 0 Å². The van der Waals surface area contributed by atoms with Gasteiger partial charge in [0.2, 0.25) is 5.91 Å². The molecule has 2 bridgehead atoms. The SMILES string of the molecule is O=C(NC1CCCC1)c1ccc(NC(=O)[C@H]2[C@@H](C(=O)O)[C@H]3C=C[C@H]2C3)cc1. The van der Waals surface area contributed by atoms with E-state index in [1.54, 1.807) is 24.3 Å². The first-order valence-corrected chi connectivity index (χ1v) is 9.66. The molecular formula is C21H24N2O4. The van der Waals surface area contributed by atoms with E-state index < -0.39 is 17.8 Å². The second-order valence-electron chi connectivity index (χ2n) is 7.86. The Hall–Kier alpha value is -2.63. The lowest BCUT2D eigenvalue weighted by Gasteiger charge is -2.23. The summed E-state index contributed by atoms with van der Waals surface area (Å²) < 4.78 is 0. The van der Waals surface area contributed by atoms with Gasteiger partial charge in [-0.2, -0.15) is 0 Å². The van der Waals surface area contributed by atoms with E-state index in [1.165, 1.54) is 0 Å². The van der Waals surface area contributed by atoms with Gasteiger partial charge in [0, 0.05) is 17.3 Å². The first-order valence-electron chi connectivity index (χ1n) is 9.66. The number of nitrogens with one attached hydrogen (secondary N) is 2. The number of benzene rings is 1. The summed E-state index contributed by atoms with van der Waals surface area (Å²) in [6, 6.07) is 7.03. The van der Waals surface area contributed by atoms with Gasteiger partial charge in [0.25, 0.3) is 5.91 Å². The van der Waals surface area contributed by atoms with Crippen LogP contribution in [-0.2, 0) is 9.59 Å². The van der Waals surface area contributed by atoms with Crippen molar-refractivity contribution in [1.29, 1.82) is 0 Å². The van der Waals surface area contributed by atoms with Crippen LogP contribution < -0.4 is 10.6 Å². The standard InChI is InChI=1S/C21H24N2O4/c24-19(22-15-3-1-2-4-15)12-7-9-16(10-8-12)23-20(25)17-13-5-6-14(11-13)18(17)21(26)27/h5-10,13-15,17-18H,1-4,11H2,(H,22,24)(H,23,25)(H,26,27)/t13-,14-,17+,18-/m0/s1. The molecule has 0 spiro atoms. The van der Waals surface area contributed by atoms with Crippen molar-refractivity contribution in [3.05, 3.63) is 42.0 Å². The molecule has 2 saturated carbocycles. The lowest BCUT2D eigenvalue weighted by Crippen LogP contribution is -2.36. The Balaban J connectivity index is 1.39. The van der Waals surface area contributed by atoms with E-state index in [0.29, 0.717) is 11.3 Å². The molecule has 4 rings (SSSR count). The third-order valence-corrected chi connectivity index (χ3v) is 6.15. The van der Waals surface area contributed by atoms with Gasteiger partial charge >= 0.3 is 5.97 Å². The summed E-state index contributed by atoms with van der Waals surface area (Å²) in [5.74, 6) is -2.52. The Labute approximate surface area is 158 Å². The minimum absolute atomic E-state index is 0.00689. The fraction of sp³-hybridized carbons (Fsp3) is 0.476. The van der Waals surface area contributed by atoms with Gasteiger partial charge in [-0.1, -0.05) is 25.0 Å². The molecule has 6 heteroatoms. The first kappa shape index (κ1) is 17.8. The lowest BCUT2D eigenvalue weighted by atomic mass is 9.82. The summed E-state index contributed by atoms with van der Waals surface area (Å²) in [5.41, 5.74) is 1.14. The highest BCUT2D eigenvalue weighted by molar-refractivity contribution is 5.98. The minimum Gasteiger partial charge on any atom is -0.481 e. The molecule has 6 nitrogen and oxygen atoms in total. The van der Waals surface area contributed by atoms with Gasteiger partial charge in [0.1, 0.15) is 0 Å². The molecule has 0 radical (unpaired) electrons. The van der Waals surface area contributed by atoms with Crippen LogP contribution in [0.5, 0.6) is 0 Å². The largest absolute Gasteiger partial charge is 0.481 e. The summed E-state index contributed by atoms with van der Waals surface area (Å²) >= 11 is 0. The normalized spacial score (nSPS) is 29.0. The number of carbonyl (C=O) groups excluding carboxylic acids is 2. The van der Waals surface area contributed by atoms with Crippen LogP contribution in [0.1, 0.15) is 42.5 Å². The summed E-state index contributed by atoms with van der Waals surface area (Å²) in [4.78, 5) is 36.5. The van der Waals surface area contributed by atoms with Crippen molar-refractivity contribution < 1.29 is 19.5 Å². The molecule has 3 aliphatic rings. The molecule has 27 heavy (non-hydrogen) atoms. The van der Waals surface area contributed by atoms with E-state index in [4.69, 9.17) is 0 Å². The monoisotopic (exact) mass is 368 g/mol. The molecule has 3 N–H and O–H groups in total. The fourth-order valence-corrected chi connectivity index (χ4v) is 4.79. The molecule has 142 valence electrons. The Kier molecular flexibility index (Phi) is 4.72. The Bertz CT molecular complexity index is 780. The molecule has 0 saturated heterocycles. The number of carboxylic acids is 1. The van der Waals surface area contributed by atoms with Crippen molar-refractivity contribution >= 4 is 23.5 Å². The van der Waals surface area contributed by atoms with Crippen LogP contribution in [0, 0.1) is 23.7 Å². The molecule has 0 aromatic heterocycles. The number of amides is 2. The number of carboxylic acid groups (broad SMARTS) is 1. The minimum atomic E-state index is -0.911. The topological polar surface area (TPSA) is 95.5 Å². The highest BCUT2D eigenvalue weighted by Crippen LogP contribution is 2.48. The van der Waals surface area contributed by atoms with Crippen molar-refractivity contribution in [2.45, 2.75) is 38.1 Å². The van der Waals surface area contributed by atoms with Crippen LogP contribution in [0.25, 0.3) is 0 Å². The maximum absolute atomic E-state index is 12.7. The van der Waals surface area contributed by atoms with Gasteiger partial charge in [-0.3, -0.25) is 14.4 Å². The summed E-state index contributed by atoms with van der Waals surface area (Å²) in [6.45, 7) is 0. The maximum atomic E-state index is 12.7. The van der Waals surface area contributed by atoms with Crippen molar-refractivity contribution in [2.24, 2.45) is 23.7 Å². The van der Waals surface area contributed by atoms with E-state index in [9.17, 15) is 19.5 Å². The predicted molar refractivity (Wildman–Crippen MR) is 100 cm³/mol. The summed E-state index contributed by atoms with van der Waals surface area (Å²) in [7, 11) is 0. The number of allylic oxidation sites excluding steroid dienone is 2. The van der Waals surface area contributed by atoms with Crippen LogP contribution in [0.2, 0.25) is 0 Å². The Morgan fingerprint density at radius 1 is 0.926 bits per heavy atom. The molecule has 4 atom stereocenters. The number of fused-ring (bicyclic) bond motifs is 2. The van der Waals surface area contributed by atoms with E-state index in [1.807, 2.05) is 12.2 Å². The smallest absolute Gasteiger partial charge is 0.307 e. The molecule has 0 heterocycles. The fourth-order valence-electron chi connectivity index (χ4n) is 4.79. The van der Waals surface area contributed by atoms with Gasteiger partial charge in [-0.25, -0.2) is 0 Å². The second-order valence-corrected chi connectivity index (χ2v) is 7.86. The van der Waals surface area contributed by atoms with Gasteiger partial charge in [0.05, 0.1) is 11.8 Å². The van der Waals surface area contributed by atoms with Gasteiger partial charge in [-0.15, -0.1) is 0 Å². The Morgan fingerprint density at radius 3 is 2.19 bits per heavy atom. The zero-order chi connectivity index (χ0) is 19.0. The van der Waals surface area contributed by atoms with Crippen LogP contribution in [0.3, 0.4) is 0 Å². The lowest BCUT2D eigenvalue weighted by molar-refractivity contribution is -0.146. The van der Waals surface area contributed by atoms with E-state index in [0.717, 1.165) is 32.1 Å². The van der Waals surface area contributed by atoms with E-state index in [-0.39, 0.29) is 29.7 Å².